The number of carboxylic acid groups (broad SMARTS) is 5. The molecule has 0 heterocycles. The maximum atomic E-state index is 10.1. The van der Waals surface area contributed by atoms with E-state index in [0.717, 1.165) is 0 Å². The Labute approximate surface area is 255 Å². The molecule has 10 nitrogen and oxygen atoms in total. The third-order valence-electron chi connectivity index (χ3n) is 7.93. The van der Waals surface area contributed by atoms with Crippen LogP contribution in [-0.2, 0) is 46.4 Å². The number of aliphatic carboxylic acids is 5. The predicted molar refractivity (Wildman–Crippen MR) is 134 cm³/mol. The van der Waals surface area contributed by atoms with Crippen molar-refractivity contribution in [2.45, 2.75) is 64.2 Å². The number of rotatable bonds is 10. The Morgan fingerprint density at radius 2 is 0.463 bits per heavy atom. The molecule has 5 fully saturated rings. The van der Waals surface area contributed by atoms with Crippen molar-refractivity contribution in [1.29, 1.82) is 0 Å². The van der Waals surface area contributed by atoms with Gasteiger partial charge in [-0.3, -0.25) is 0 Å². The largest absolute Gasteiger partial charge is 5.00 e. The van der Waals surface area contributed by atoms with Gasteiger partial charge in [-0.25, -0.2) is 0 Å². The fourth-order valence-corrected chi connectivity index (χ4v) is 3.13. The van der Waals surface area contributed by atoms with Crippen molar-refractivity contribution in [2.75, 3.05) is 0 Å². The van der Waals surface area contributed by atoms with Crippen molar-refractivity contribution in [2.24, 2.45) is 27.1 Å². The Morgan fingerprint density at radius 3 is 0.463 bits per heavy atom. The molecule has 5 aliphatic rings. The van der Waals surface area contributed by atoms with Crippen LogP contribution in [-0.4, -0.2) is 29.8 Å². The first kappa shape index (κ1) is 37.8. The summed E-state index contributed by atoms with van der Waals surface area (Å²) >= 11 is 0. The first-order valence-electron chi connectivity index (χ1n) is 12.8. The molecule has 0 unspecified atom stereocenters. The van der Waals surface area contributed by atoms with Crippen LogP contribution in [0.1, 0.15) is 64.2 Å². The van der Waals surface area contributed by atoms with Crippen LogP contribution in [0.3, 0.4) is 0 Å². The van der Waals surface area contributed by atoms with Gasteiger partial charge >= 0.3 is 22.4 Å². The summed E-state index contributed by atoms with van der Waals surface area (Å²) in [5.41, 5.74) is -3.19. The topological polar surface area (TPSA) is 201 Å². The van der Waals surface area contributed by atoms with Crippen LogP contribution in [0, 0.1) is 27.1 Å². The van der Waals surface area contributed by atoms with Crippen LogP contribution in [0.15, 0.2) is 63.3 Å². The summed E-state index contributed by atoms with van der Waals surface area (Å²) in [4.78, 5) is 50.7. The van der Waals surface area contributed by atoms with Crippen molar-refractivity contribution in [3.05, 3.63) is 63.3 Å². The normalized spacial score (nSPS) is 21.5. The monoisotopic (exact) mass is 736 g/mol. The SMILES string of the molecule is C=CC1(C(=O)[O-])CC1.C=CC1(C(=O)[O-])CC1.C=CC1(C(=O)[O-])CC1.C=CC1(C(=O)[O-])CC1.C=CC1(C(=O)[O-])CC1.[Ta+5]. The van der Waals surface area contributed by atoms with Crippen molar-refractivity contribution < 1.29 is 71.9 Å². The van der Waals surface area contributed by atoms with E-state index in [0.29, 0.717) is 64.2 Å². The smallest absolute Gasteiger partial charge is 0.549 e. The number of carbonyl (C=O) groups excluding carboxylic acids is 5. The minimum Gasteiger partial charge on any atom is -0.549 e. The zero-order chi connectivity index (χ0) is 31.0. The van der Waals surface area contributed by atoms with Gasteiger partial charge in [-0.05, 0) is 64.2 Å². The molecule has 11 heteroatoms. The summed E-state index contributed by atoms with van der Waals surface area (Å²) in [6, 6.07) is 0. The summed E-state index contributed by atoms with van der Waals surface area (Å²) < 4.78 is 0. The van der Waals surface area contributed by atoms with Gasteiger partial charge in [-0.1, -0.05) is 30.4 Å². The third-order valence-corrected chi connectivity index (χ3v) is 7.93. The van der Waals surface area contributed by atoms with Crippen molar-refractivity contribution in [3.8, 4) is 0 Å². The Kier molecular flexibility index (Phi) is 13.5. The molecule has 0 amide bonds. The van der Waals surface area contributed by atoms with E-state index < -0.39 is 56.9 Å². The first-order valence-corrected chi connectivity index (χ1v) is 12.8. The molecule has 0 aromatic heterocycles. The summed E-state index contributed by atoms with van der Waals surface area (Å²) in [6.45, 7) is 17.0. The van der Waals surface area contributed by atoms with Crippen LogP contribution in [0.2, 0.25) is 0 Å². The molecule has 41 heavy (non-hydrogen) atoms. The average molecular weight is 737 g/mol. The van der Waals surface area contributed by atoms with Gasteiger partial charge in [0.15, 0.2) is 0 Å². The van der Waals surface area contributed by atoms with E-state index in [2.05, 4.69) is 32.9 Å². The maximum Gasteiger partial charge on any atom is 5.00 e. The number of carbonyl (C=O) groups is 5. The molecule has 0 aliphatic heterocycles. The van der Waals surface area contributed by atoms with Gasteiger partial charge < -0.3 is 49.5 Å². The van der Waals surface area contributed by atoms with Gasteiger partial charge in [-0.2, -0.15) is 0 Å². The molecule has 5 aliphatic carbocycles. The molecule has 0 N–H and O–H groups in total. The van der Waals surface area contributed by atoms with Gasteiger partial charge in [0.25, 0.3) is 0 Å². The van der Waals surface area contributed by atoms with Gasteiger partial charge in [0.1, 0.15) is 0 Å². The molecular formula is C30H35O10Ta. The molecule has 0 bridgehead atoms. The molecule has 5 saturated carbocycles. The van der Waals surface area contributed by atoms with E-state index in [9.17, 15) is 49.5 Å². The Bertz CT molecular complexity index is 871. The molecule has 5 rings (SSSR count). The second-order valence-electron chi connectivity index (χ2n) is 10.7. The minimum atomic E-state index is -0.979. The first-order chi connectivity index (χ1) is 18.6. The van der Waals surface area contributed by atoms with Crippen LogP contribution in [0.25, 0.3) is 0 Å². The zero-order valence-electron chi connectivity index (χ0n) is 23.0. The molecule has 0 spiro atoms. The van der Waals surface area contributed by atoms with Crippen molar-refractivity contribution in [1.82, 2.24) is 0 Å². The van der Waals surface area contributed by atoms with E-state index in [1.165, 1.54) is 30.4 Å². The average Bonchev–Trinajstić information content (AvgIpc) is 3.76. The zero-order valence-corrected chi connectivity index (χ0v) is 26.2. The number of carboxylic acids is 5. The molecule has 0 aromatic rings. The van der Waals surface area contributed by atoms with Gasteiger partial charge in [0, 0.05) is 27.1 Å². The Hall–Kier alpha value is -3.21. The van der Waals surface area contributed by atoms with Crippen LogP contribution >= 0.6 is 0 Å². The molecule has 0 atom stereocenters. The molecule has 220 valence electrons. The minimum absolute atomic E-state index is 0. The van der Waals surface area contributed by atoms with Crippen LogP contribution in [0.5, 0.6) is 0 Å². The maximum absolute atomic E-state index is 10.1. The Balaban J connectivity index is 0.000000485. The van der Waals surface area contributed by atoms with Crippen LogP contribution < -0.4 is 25.5 Å². The van der Waals surface area contributed by atoms with Crippen molar-refractivity contribution in [3.63, 3.8) is 0 Å². The standard InChI is InChI=1S/5C6H8O2.Ta/c5*1-2-6(3-4-6)5(7)8;/h5*2H,1,3-4H2,(H,7,8);/q;;;;;+5/p-5. The van der Waals surface area contributed by atoms with Gasteiger partial charge in [0.05, 0.1) is 29.8 Å². The van der Waals surface area contributed by atoms with Gasteiger partial charge in [-0.15, -0.1) is 32.9 Å². The quantitative estimate of drug-likeness (QED) is 0.238. The third kappa shape index (κ3) is 9.98. The van der Waals surface area contributed by atoms with E-state index in [4.69, 9.17) is 0 Å². The summed E-state index contributed by atoms with van der Waals surface area (Å²) in [6.07, 6.45) is 14.4. The fourth-order valence-electron chi connectivity index (χ4n) is 3.13. The number of hydrogen-bond donors (Lipinski definition) is 0. The second-order valence-corrected chi connectivity index (χ2v) is 10.7. The molecule has 0 aromatic carbocycles. The van der Waals surface area contributed by atoms with Crippen LogP contribution in [0.4, 0.5) is 0 Å². The van der Waals surface area contributed by atoms with E-state index >= 15 is 0 Å². The van der Waals surface area contributed by atoms with E-state index in [-0.39, 0.29) is 22.4 Å². The fraction of sp³-hybridized carbons (Fsp3) is 0.500. The van der Waals surface area contributed by atoms with Crippen molar-refractivity contribution >= 4 is 29.8 Å². The second kappa shape index (κ2) is 14.6. The number of hydrogen-bond acceptors (Lipinski definition) is 10. The summed E-state index contributed by atoms with van der Waals surface area (Å²) in [5, 5.41) is 50.7. The molecule has 0 saturated heterocycles. The molecule has 0 radical (unpaired) electrons. The van der Waals surface area contributed by atoms with E-state index in [1.807, 2.05) is 0 Å². The Morgan fingerprint density at radius 1 is 0.366 bits per heavy atom. The van der Waals surface area contributed by atoms with E-state index in [1.54, 1.807) is 0 Å². The van der Waals surface area contributed by atoms with Gasteiger partial charge in [0.2, 0.25) is 0 Å². The summed E-state index contributed by atoms with van der Waals surface area (Å²) in [7, 11) is 0. The predicted octanol–water partition coefficient (Wildman–Crippen LogP) is -1.49. The molecular weight excluding hydrogens is 701 g/mol. The summed E-state index contributed by atoms with van der Waals surface area (Å²) in [5.74, 6) is -4.90.